The van der Waals surface area contributed by atoms with Crippen LogP contribution >= 0.6 is 0 Å². The molecule has 114 valence electrons. The number of halogens is 2. The first kappa shape index (κ1) is 21.3. The Morgan fingerprint density at radius 2 is 1.76 bits per heavy atom. The van der Waals surface area contributed by atoms with Crippen LogP contribution in [0.25, 0.3) is 0 Å². The molecule has 1 fully saturated rings. The monoisotopic (exact) mass is 399 g/mol. The molecule has 0 nitrogen and oxygen atoms in total. The zero-order valence-corrected chi connectivity index (χ0v) is 16.5. The molecule has 0 amide bonds. The van der Waals surface area contributed by atoms with Crippen molar-refractivity contribution >= 4 is 3.21 Å². The average Bonchev–Trinajstić information content (AvgIpc) is 3.12. The molecular formula is C18H23Cl2Zr-. The number of hydrogen-bond donors (Lipinski definition) is 0. The van der Waals surface area contributed by atoms with Crippen LogP contribution in [0.1, 0.15) is 57.8 Å². The van der Waals surface area contributed by atoms with Crippen LogP contribution in [0, 0.1) is 6.08 Å². The molecular weight excluding hydrogens is 378 g/mol. The molecule has 0 N–H and O–H groups in total. The van der Waals surface area contributed by atoms with Crippen molar-refractivity contribution in [1.82, 2.24) is 0 Å². The van der Waals surface area contributed by atoms with E-state index >= 15 is 0 Å². The zero-order chi connectivity index (χ0) is 13.3. The van der Waals surface area contributed by atoms with Crippen molar-refractivity contribution in [3.8, 4) is 0 Å². The van der Waals surface area contributed by atoms with Crippen molar-refractivity contribution < 1.29 is 49.0 Å². The van der Waals surface area contributed by atoms with Gasteiger partial charge in [0.15, 0.2) is 0 Å². The van der Waals surface area contributed by atoms with Crippen LogP contribution < -0.4 is 24.8 Å². The second-order valence-corrected chi connectivity index (χ2v) is 7.17. The quantitative estimate of drug-likeness (QED) is 0.534. The van der Waals surface area contributed by atoms with Crippen molar-refractivity contribution in [2.75, 3.05) is 0 Å². The summed E-state index contributed by atoms with van der Waals surface area (Å²) in [5, 5.41) is 0. The molecule has 3 aliphatic rings. The van der Waals surface area contributed by atoms with E-state index in [-0.39, 0.29) is 24.8 Å². The molecule has 3 aliphatic carbocycles. The molecule has 3 rings (SSSR count). The summed E-state index contributed by atoms with van der Waals surface area (Å²) in [5.74, 6) is 0. The predicted octanol–water partition coefficient (Wildman–Crippen LogP) is -0.980. The number of rotatable bonds is 3. The van der Waals surface area contributed by atoms with E-state index in [1.165, 1.54) is 50.5 Å². The van der Waals surface area contributed by atoms with Crippen molar-refractivity contribution in [2.24, 2.45) is 0 Å². The first-order chi connectivity index (χ1) is 9.34. The molecule has 0 saturated heterocycles. The molecule has 0 aromatic rings. The maximum atomic E-state index is 3.34. The standard InChI is InChI=1S/C12H13.C6H10.2ClH.Zr/c1-2-6-11(5-1)9-10-12-7-3-4-8-12;1-2-4-6-5-3-1;;;/h1-3,5,7H,4,6,9-10H2;1-5H2;2*1H;/q-1;;;;+2/p-2. The number of allylic oxidation sites excluding steroid dienone is 8. The Morgan fingerprint density at radius 1 is 1.00 bits per heavy atom. The summed E-state index contributed by atoms with van der Waals surface area (Å²) in [7, 11) is 0. The van der Waals surface area contributed by atoms with E-state index < -0.39 is 0 Å². The van der Waals surface area contributed by atoms with Crippen LogP contribution in [0.2, 0.25) is 0 Å². The molecule has 0 aliphatic heterocycles. The van der Waals surface area contributed by atoms with E-state index in [0.717, 1.165) is 12.8 Å². The normalized spacial score (nSPS) is 19.0. The fourth-order valence-corrected chi connectivity index (χ4v) is 3.44. The zero-order valence-electron chi connectivity index (χ0n) is 12.5. The molecule has 0 aromatic heterocycles. The van der Waals surface area contributed by atoms with E-state index in [0.29, 0.717) is 0 Å². The van der Waals surface area contributed by atoms with Crippen LogP contribution in [0.5, 0.6) is 0 Å². The Labute approximate surface area is 157 Å². The van der Waals surface area contributed by atoms with E-state index in [9.17, 15) is 0 Å². The summed E-state index contributed by atoms with van der Waals surface area (Å²) in [6, 6.07) is 0. The third kappa shape index (κ3) is 9.12. The fourth-order valence-electron chi connectivity index (χ4n) is 2.57. The van der Waals surface area contributed by atoms with Crippen LogP contribution in [0.3, 0.4) is 0 Å². The summed E-state index contributed by atoms with van der Waals surface area (Å²) in [4.78, 5) is 0. The second kappa shape index (κ2) is 12.8. The molecule has 0 aromatic carbocycles. The summed E-state index contributed by atoms with van der Waals surface area (Å²) >= 11 is 1.69. The molecule has 21 heavy (non-hydrogen) atoms. The van der Waals surface area contributed by atoms with Crippen LogP contribution in [0.15, 0.2) is 41.5 Å². The van der Waals surface area contributed by atoms with Crippen molar-refractivity contribution in [3.05, 3.63) is 47.6 Å². The van der Waals surface area contributed by atoms with Gasteiger partial charge >= 0.3 is 59.5 Å². The third-order valence-corrected chi connectivity index (χ3v) is 5.02. The van der Waals surface area contributed by atoms with Crippen molar-refractivity contribution in [2.45, 2.75) is 57.8 Å². The van der Waals surface area contributed by atoms with Gasteiger partial charge in [0, 0.05) is 0 Å². The van der Waals surface area contributed by atoms with Crippen molar-refractivity contribution in [1.29, 1.82) is 0 Å². The fraction of sp³-hybridized carbons (Fsp3) is 0.500. The van der Waals surface area contributed by atoms with Crippen LogP contribution in [-0.4, -0.2) is 3.21 Å². The van der Waals surface area contributed by atoms with Gasteiger partial charge in [0.25, 0.3) is 0 Å². The van der Waals surface area contributed by atoms with Gasteiger partial charge in [0.2, 0.25) is 0 Å². The summed E-state index contributed by atoms with van der Waals surface area (Å²) in [5.41, 5.74) is 2.95. The summed E-state index contributed by atoms with van der Waals surface area (Å²) < 4.78 is 1.80. The third-order valence-electron chi connectivity index (χ3n) is 3.79. The average molecular weight is 402 g/mol. The summed E-state index contributed by atoms with van der Waals surface area (Å²) in [6.07, 6.45) is 26.2. The SMILES string of the molecule is [C-]1=C(CCC2=CC=CC2)C=CC1.[Cl-].[Cl-].[Zr+2]=[C]1CCCCC1. The molecule has 0 unspecified atom stereocenters. The summed E-state index contributed by atoms with van der Waals surface area (Å²) in [6.45, 7) is 0. The predicted molar refractivity (Wildman–Crippen MR) is 79.7 cm³/mol. The Hall–Kier alpha value is 0.293. The minimum absolute atomic E-state index is 0. The van der Waals surface area contributed by atoms with Gasteiger partial charge in [-0.05, 0) is 12.8 Å². The van der Waals surface area contributed by atoms with Gasteiger partial charge in [0.05, 0.1) is 0 Å². The van der Waals surface area contributed by atoms with Crippen LogP contribution in [0.4, 0.5) is 0 Å². The molecule has 0 radical (unpaired) electrons. The van der Waals surface area contributed by atoms with E-state index in [2.05, 4.69) is 36.5 Å². The topological polar surface area (TPSA) is 0 Å². The van der Waals surface area contributed by atoms with Crippen LogP contribution in [-0.2, 0) is 24.2 Å². The van der Waals surface area contributed by atoms with Gasteiger partial charge in [-0.2, -0.15) is 6.08 Å². The number of hydrogen-bond acceptors (Lipinski definition) is 0. The molecule has 0 bridgehead atoms. The molecule has 3 heteroatoms. The van der Waals surface area contributed by atoms with E-state index in [1.807, 2.05) is 0 Å². The van der Waals surface area contributed by atoms with Gasteiger partial charge in [0.1, 0.15) is 0 Å². The molecule has 0 spiro atoms. The molecule has 0 heterocycles. The Bertz CT molecular complexity index is 422. The van der Waals surface area contributed by atoms with Gasteiger partial charge < -0.3 is 24.8 Å². The Kier molecular flexibility index (Phi) is 13.0. The molecule has 1 saturated carbocycles. The second-order valence-electron chi connectivity index (χ2n) is 5.43. The van der Waals surface area contributed by atoms with Gasteiger partial charge in [-0.3, -0.25) is 6.08 Å². The van der Waals surface area contributed by atoms with Gasteiger partial charge in [-0.15, -0.1) is 6.42 Å². The Balaban J connectivity index is 0.000000389. The van der Waals surface area contributed by atoms with E-state index in [4.69, 9.17) is 0 Å². The molecule has 0 atom stereocenters. The van der Waals surface area contributed by atoms with E-state index in [1.54, 1.807) is 33.0 Å². The van der Waals surface area contributed by atoms with Gasteiger partial charge in [-0.1, -0.05) is 30.2 Å². The van der Waals surface area contributed by atoms with Gasteiger partial charge in [-0.25, -0.2) is 11.6 Å². The minimum atomic E-state index is 0. The van der Waals surface area contributed by atoms with Crippen molar-refractivity contribution in [3.63, 3.8) is 0 Å². The first-order valence-electron chi connectivity index (χ1n) is 7.52. The maximum absolute atomic E-state index is 3.34. The Morgan fingerprint density at radius 3 is 2.24 bits per heavy atom. The first-order valence-corrected chi connectivity index (χ1v) is 8.74.